The number of thiocarbonyl (C=S) groups is 1. The third-order valence-electron chi connectivity index (χ3n) is 2.92. The van der Waals surface area contributed by atoms with E-state index in [2.05, 4.69) is 20.8 Å². The second kappa shape index (κ2) is 11.4. The molecule has 0 aromatic heterocycles. The van der Waals surface area contributed by atoms with Gasteiger partial charge in [-0.15, -0.1) is 0 Å². The SMILES string of the molecule is CCCCCCCCC(CC)OC(=S)CC. The van der Waals surface area contributed by atoms with E-state index < -0.39 is 0 Å². The van der Waals surface area contributed by atoms with E-state index in [1.54, 1.807) is 0 Å². The number of hydrogen-bond donors (Lipinski definition) is 0. The highest BCUT2D eigenvalue weighted by atomic mass is 32.1. The molecule has 96 valence electrons. The Morgan fingerprint density at radius 3 is 2.19 bits per heavy atom. The van der Waals surface area contributed by atoms with Gasteiger partial charge < -0.3 is 4.74 Å². The van der Waals surface area contributed by atoms with Crippen LogP contribution in [0.4, 0.5) is 0 Å². The van der Waals surface area contributed by atoms with Crippen LogP contribution in [0.1, 0.15) is 78.6 Å². The van der Waals surface area contributed by atoms with E-state index in [0.717, 1.165) is 17.9 Å². The third kappa shape index (κ3) is 9.14. The van der Waals surface area contributed by atoms with Crippen LogP contribution >= 0.6 is 12.2 Å². The van der Waals surface area contributed by atoms with Crippen LogP contribution in [0.2, 0.25) is 0 Å². The van der Waals surface area contributed by atoms with Crippen LogP contribution in [-0.2, 0) is 4.74 Å². The largest absolute Gasteiger partial charge is 0.484 e. The number of ether oxygens (including phenoxy) is 1. The first-order valence-corrected chi connectivity index (χ1v) is 7.34. The van der Waals surface area contributed by atoms with Crippen LogP contribution in [0.15, 0.2) is 0 Å². The van der Waals surface area contributed by atoms with Crippen molar-refractivity contribution >= 4 is 17.3 Å². The molecule has 0 aliphatic carbocycles. The molecule has 0 N–H and O–H groups in total. The van der Waals surface area contributed by atoms with Crippen LogP contribution in [0, 0.1) is 0 Å². The van der Waals surface area contributed by atoms with Gasteiger partial charge in [-0.05, 0) is 31.5 Å². The van der Waals surface area contributed by atoms with Crippen LogP contribution in [-0.4, -0.2) is 11.2 Å². The minimum absolute atomic E-state index is 0.360. The summed E-state index contributed by atoms with van der Waals surface area (Å²) in [6.45, 7) is 6.49. The van der Waals surface area contributed by atoms with E-state index in [9.17, 15) is 0 Å². The smallest absolute Gasteiger partial charge is 0.159 e. The van der Waals surface area contributed by atoms with Crippen LogP contribution in [0.3, 0.4) is 0 Å². The molecule has 0 radical (unpaired) electrons. The van der Waals surface area contributed by atoms with Crippen molar-refractivity contribution < 1.29 is 4.74 Å². The lowest BCUT2D eigenvalue weighted by molar-refractivity contribution is 0.170. The molecule has 0 aliphatic heterocycles. The second-order valence-corrected chi connectivity index (χ2v) is 4.89. The summed E-state index contributed by atoms with van der Waals surface area (Å²) in [7, 11) is 0. The fraction of sp³-hybridized carbons (Fsp3) is 0.929. The molecule has 1 atom stereocenters. The Balaban J connectivity index is 3.44. The fourth-order valence-electron chi connectivity index (χ4n) is 1.77. The summed E-state index contributed by atoms with van der Waals surface area (Å²) in [5.74, 6) is 0. The summed E-state index contributed by atoms with van der Waals surface area (Å²) in [6, 6.07) is 0. The van der Waals surface area contributed by atoms with E-state index >= 15 is 0 Å². The van der Waals surface area contributed by atoms with Gasteiger partial charge in [0.05, 0.1) is 6.10 Å². The standard InChI is InChI=1S/C14H28OS/c1-4-7-8-9-10-11-12-13(5-2)15-14(16)6-3/h13H,4-12H2,1-3H3. The monoisotopic (exact) mass is 244 g/mol. The van der Waals surface area contributed by atoms with Crippen molar-refractivity contribution in [1.82, 2.24) is 0 Å². The highest BCUT2D eigenvalue weighted by Gasteiger charge is 2.08. The molecule has 1 unspecified atom stereocenters. The van der Waals surface area contributed by atoms with Gasteiger partial charge in [0.1, 0.15) is 0 Å². The van der Waals surface area contributed by atoms with Crippen LogP contribution < -0.4 is 0 Å². The number of rotatable bonds is 10. The van der Waals surface area contributed by atoms with E-state index in [4.69, 9.17) is 17.0 Å². The van der Waals surface area contributed by atoms with Gasteiger partial charge >= 0.3 is 0 Å². The topological polar surface area (TPSA) is 9.23 Å². The van der Waals surface area contributed by atoms with E-state index in [1.807, 2.05) is 0 Å². The Morgan fingerprint density at radius 1 is 1.00 bits per heavy atom. The van der Waals surface area contributed by atoms with Crippen molar-refractivity contribution in [1.29, 1.82) is 0 Å². The number of unbranched alkanes of at least 4 members (excludes halogenated alkanes) is 5. The van der Waals surface area contributed by atoms with Gasteiger partial charge in [-0.25, -0.2) is 0 Å². The zero-order valence-corrected chi connectivity index (χ0v) is 12.1. The van der Waals surface area contributed by atoms with E-state index in [-0.39, 0.29) is 0 Å². The first-order valence-electron chi connectivity index (χ1n) is 6.94. The molecule has 0 aliphatic rings. The maximum absolute atomic E-state index is 5.71. The van der Waals surface area contributed by atoms with Crippen molar-refractivity contribution in [3.8, 4) is 0 Å². The van der Waals surface area contributed by atoms with Gasteiger partial charge in [0, 0.05) is 6.42 Å². The van der Waals surface area contributed by atoms with Crippen molar-refractivity contribution in [2.45, 2.75) is 84.7 Å². The van der Waals surface area contributed by atoms with Crippen LogP contribution in [0.5, 0.6) is 0 Å². The summed E-state index contributed by atoms with van der Waals surface area (Å²) >= 11 is 5.11. The molecular formula is C14H28OS. The molecule has 0 aromatic carbocycles. The van der Waals surface area contributed by atoms with Gasteiger partial charge in [0.15, 0.2) is 5.05 Å². The molecule has 0 amide bonds. The molecule has 16 heavy (non-hydrogen) atoms. The summed E-state index contributed by atoms with van der Waals surface area (Å²) < 4.78 is 5.71. The lowest BCUT2D eigenvalue weighted by Gasteiger charge is -2.17. The quantitative estimate of drug-likeness (QED) is 0.382. The minimum Gasteiger partial charge on any atom is -0.484 e. The molecule has 0 aromatic rings. The molecular weight excluding hydrogens is 216 g/mol. The van der Waals surface area contributed by atoms with Gasteiger partial charge in [0.25, 0.3) is 0 Å². The molecule has 0 saturated carbocycles. The van der Waals surface area contributed by atoms with Crippen molar-refractivity contribution in [3.05, 3.63) is 0 Å². The van der Waals surface area contributed by atoms with E-state index in [1.165, 1.54) is 44.9 Å². The Labute approximate surface area is 107 Å². The van der Waals surface area contributed by atoms with Gasteiger partial charge in [-0.3, -0.25) is 0 Å². The summed E-state index contributed by atoms with van der Waals surface area (Å²) in [4.78, 5) is 0. The summed E-state index contributed by atoms with van der Waals surface area (Å²) in [5.41, 5.74) is 0. The predicted octanol–water partition coefficient (Wildman–Crippen LogP) is 5.27. The molecule has 1 nitrogen and oxygen atoms in total. The van der Waals surface area contributed by atoms with Crippen molar-refractivity contribution in [2.24, 2.45) is 0 Å². The fourth-order valence-corrected chi connectivity index (χ4v) is 1.90. The molecule has 0 saturated heterocycles. The zero-order chi connectivity index (χ0) is 12.2. The normalized spacial score (nSPS) is 12.4. The highest BCUT2D eigenvalue weighted by Crippen LogP contribution is 2.13. The zero-order valence-electron chi connectivity index (χ0n) is 11.3. The van der Waals surface area contributed by atoms with E-state index in [0.29, 0.717) is 6.10 Å². The summed E-state index contributed by atoms with van der Waals surface area (Å²) in [6.07, 6.45) is 11.6. The molecule has 0 bridgehead atoms. The molecule has 2 heteroatoms. The minimum atomic E-state index is 0.360. The first-order chi connectivity index (χ1) is 7.74. The molecule has 0 spiro atoms. The van der Waals surface area contributed by atoms with Crippen molar-refractivity contribution in [3.63, 3.8) is 0 Å². The maximum Gasteiger partial charge on any atom is 0.159 e. The van der Waals surface area contributed by atoms with Gasteiger partial charge in [-0.1, -0.05) is 52.9 Å². The summed E-state index contributed by atoms with van der Waals surface area (Å²) in [5, 5.41) is 0.776. The van der Waals surface area contributed by atoms with Crippen LogP contribution in [0.25, 0.3) is 0 Å². The maximum atomic E-state index is 5.71. The average molecular weight is 244 g/mol. The molecule has 0 fully saturated rings. The molecule has 0 heterocycles. The van der Waals surface area contributed by atoms with Crippen molar-refractivity contribution in [2.75, 3.05) is 0 Å². The first kappa shape index (κ1) is 15.9. The molecule has 0 rings (SSSR count). The predicted molar refractivity (Wildman–Crippen MR) is 76.0 cm³/mol. The highest BCUT2D eigenvalue weighted by molar-refractivity contribution is 7.80. The van der Waals surface area contributed by atoms with Gasteiger partial charge in [-0.2, -0.15) is 0 Å². The Kier molecular flexibility index (Phi) is 11.3. The Bertz CT molecular complexity index is 168. The number of hydrogen-bond acceptors (Lipinski definition) is 2. The Hall–Kier alpha value is -0.110. The van der Waals surface area contributed by atoms with Gasteiger partial charge in [0.2, 0.25) is 0 Å². The lowest BCUT2D eigenvalue weighted by atomic mass is 10.1. The average Bonchev–Trinajstić information content (AvgIpc) is 2.31. The third-order valence-corrected chi connectivity index (χ3v) is 3.31. The second-order valence-electron chi connectivity index (χ2n) is 4.43. The Morgan fingerprint density at radius 2 is 1.62 bits per heavy atom. The lowest BCUT2D eigenvalue weighted by Crippen LogP contribution is -2.15.